The van der Waals surface area contributed by atoms with Gasteiger partial charge in [0.1, 0.15) is 5.60 Å². The molecule has 5 heteroatoms. The number of ether oxygens (including phenoxy) is 2. The van der Waals surface area contributed by atoms with E-state index in [9.17, 15) is 5.11 Å². The molecule has 1 heterocycles. The maximum atomic E-state index is 11.8. The van der Waals surface area contributed by atoms with E-state index in [0.29, 0.717) is 58.2 Å². The van der Waals surface area contributed by atoms with E-state index in [1.165, 1.54) is 30.8 Å². The molecule has 0 amide bonds. The highest BCUT2D eigenvalue weighted by atomic mass is 32.2. The van der Waals surface area contributed by atoms with Crippen LogP contribution < -0.4 is 0 Å². The Kier molecular flexibility index (Phi) is 6.41. The molecule has 0 spiro atoms. The minimum absolute atomic E-state index is 0.412. The van der Waals surface area contributed by atoms with Crippen LogP contribution in [0.15, 0.2) is 30.3 Å². The van der Waals surface area contributed by atoms with Crippen LogP contribution in [-0.4, -0.2) is 40.2 Å². The van der Waals surface area contributed by atoms with Gasteiger partial charge in [0.2, 0.25) is 0 Å². The average Bonchev–Trinajstić information content (AvgIpc) is 2.83. The normalized spacial score (nSPS) is 45.7. The van der Waals surface area contributed by atoms with Crippen molar-refractivity contribution in [2.45, 2.75) is 82.7 Å². The van der Waals surface area contributed by atoms with Gasteiger partial charge in [-0.15, -0.1) is 23.5 Å². The molecular formula is C30H44O3S2. The van der Waals surface area contributed by atoms with Crippen molar-refractivity contribution < 1.29 is 14.6 Å². The SMILES string of the molecule is CC1(C)[C@H]2C[C@@H]3SCS[C@H]4C[C@H]5C[C@@H]([C@@H]4COC([C@@](C)(O)c4ccccc4)OC[C@H]3[C@@H]1C2)C5(C)C. The van der Waals surface area contributed by atoms with Gasteiger partial charge in [0.05, 0.1) is 13.2 Å². The number of aliphatic hydroxyl groups is 1. The molecule has 1 aliphatic heterocycles. The summed E-state index contributed by atoms with van der Waals surface area (Å²) in [5.74, 6) is 4.21. The second-order valence-corrected chi connectivity index (χ2v) is 16.4. The lowest BCUT2D eigenvalue weighted by atomic mass is 9.45. The van der Waals surface area contributed by atoms with Crippen LogP contribution in [-0.2, 0) is 15.1 Å². The molecule has 6 saturated carbocycles. The van der Waals surface area contributed by atoms with Crippen molar-refractivity contribution in [2.24, 2.45) is 46.3 Å². The molecule has 1 aromatic rings. The first-order chi connectivity index (χ1) is 16.6. The summed E-state index contributed by atoms with van der Waals surface area (Å²) in [6, 6.07) is 9.99. The molecule has 8 rings (SSSR count). The van der Waals surface area contributed by atoms with Crippen molar-refractivity contribution in [3.8, 4) is 0 Å². The third-order valence-corrected chi connectivity index (χ3v) is 14.4. The van der Waals surface area contributed by atoms with E-state index in [1.807, 2.05) is 37.3 Å². The van der Waals surface area contributed by atoms with Gasteiger partial charge in [0.25, 0.3) is 0 Å². The first kappa shape index (κ1) is 25.1. The van der Waals surface area contributed by atoms with E-state index < -0.39 is 11.9 Å². The zero-order valence-electron chi connectivity index (χ0n) is 22.1. The summed E-state index contributed by atoms with van der Waals surface area (Å²) in [4.78, 5) is 0. The first-order valence-corrected chi connectivity index (χ1v) is 15.9. The lowest BCUT2D eigenvalue weighted by molar-refractivity contribution is -0.261. The van der Waals surface area contributed by atoms with Crippen molar-refractivity contribution in [1.29, 1.82) is 0 Å². The van der Waals surface area contributed by atoms with Crippen LogP contribution in [0.1, 0.15) is 65.9 Å². The average molecular weight is 517 g/mol. The molecule has 9 atom stereocenters. The molecule has 6 aliphatic carbocycles. The van der Waals surface area contributed by atoms with E-state index >= 15 is 0 Å². The molecule has 1 saturated heterocycles. The van der Waals surface area contributed by atoms with Crippen LogP contribution in [0.25, 0.3) is 0 Å². The lowest BCUT2D eigenvalue weighted by Gasteiger charge is -2.63. The Hall–Kier alpha value is -0.200. The van der Waals surface area contributed by atoms with Crippen molar-refractivity contribution in [3.63, 3.8) is 0 Å². The van der Waals surface area contributed by atoms with Crippen LogP contribution in [0.3, 0.4) is 0 Å². The lowest BCUT2D eigenvalue weighted by Crippen LogP contribution is -2.59. The molecular weight excluding hydrogens is 472 g/mol. The number of thioether (sulfide) groups is 2. The Morgan fingerprint density at radius 2 is 1.29 bits per heavy atom. The first-order valence-electron chi connectivity index (χ1n) is 13.8. The number of rotatable bonds is 2. The van der Waals surface area contributed by atoms with Gasteiger partial charge in [0.15, 0.2) is 6.29 Å². The number of hydrogen-bond donors (Lipinski definition) is 1. The zero-order valence-corrected chi connectivity index (χ0v) is 23.7. The van der Waals surface area contributed by atoms with E-state index in [0.717, 1.165) is 17.4 Å². The van der Waals surface area contributed by atoms with Crippen molar-refractivity contribution in [2.75, 3.05) is 18.3 Å². The van der Waals surface area contributed by atoms with Gasteiger partial charge in [-0.25, -0.2) is 0 Å². The second-order valence-electron chi connectivity index (χ2n) is 13.6. The maximum Gasteiger partial charge on any atom is 0.190 e. The van der Waals surface area contributed by atoms with Gasteiger partial charge >= 0.3 is 0 Å². The highest BCUT2D eigenvalue weighted by molar-refractivity contribution is 8.16. The van der Waals surface area contributed by atoms with Crippen LogP contribution in [0.4, 0.5) is 0 Å². The highest BCUT2D eigenvalue weighted by Crippen LogP contribution is 2.65. The minimum Gasteiger partial charge on any atom is -0.380 e. The summed E-state index contributed by atoms with van der Waals surface area (Å²) < 4.78 is 13.4. The van der Waals surface area contributed by atoms with Crippen molar-refractivity contribution in [1.82, 2.24) is 0 Å². The molecule has 0 radical (unpaired) electrons. The molecule has 35 heavy (non-hydrogen) atoms. The summed E-state index contributed by atoms with van der Waals surface area (Å²) in [6.45, 7) is 13.1. The second kappa shape index (κ2) is 8.93. The van der Waals surface area contributed by atoms with Crippen LogP contribution in [0, 0.1) is 46.3 Å². The number of benzene rings is 1. The fourth-order valence-electron chi connectivity index (χ4n) is 8.52. The molecule has 7 fully saturated rings. The van der Waals surface area contributed by atoms with Crippen molar-refractivity contribution in [3.05, 3.63) is 35.9 Å². The van der Waals surface area contributed by atoms with Crippen LogP contribution in [0.5, 0.6) is 0 Å². The van der Waals surface area contributed by atoms with E-state index in [-0.39, 0.29) is 0 Å². The largest absolute Gasteiger partial charge is 0.380 e. The predicted molar refractivity (Wildman–Crippen MR) is 146 cm³/mol. The Balaban J connectivity index is 1.29. The Bertz CT molecular complexity index is 867. The standard InChI is InChI=1S/C30H44O3S2/c1-28(2)19-11-23(28)21-15-32-27(30(5,31)18-9-7-6-8-10-18)33-16-22-24-12-20(29(24,3)4)14-26(22)35-17-34-25(21)13-19/h6-10,19-27,31H,11-17H2,1-5H3/t19-,20-,21+,22+,23+,24+,25+,26+,30+/m1/s1. The molecule has 4 bridgehead atoms. The Labute approximate surface area is 220 Å². The van der Waals surface area contributed by atoms with Gasteiger partial charge in [-0.3, -0.25) is 0 Å². The summed E-state index contributed by atoms with van der Waals surface area (Å²) >= 11 is 4.42. The highest BCUT2D eigenvalue weighted by Gasteiger charge is 2.60. The quantitative estimate of drug-likeness (QED) is 0.468. The third kappa shape index (κ3) is 4.06. The molecule has 7 aliphatic rings. The van der Waals surface area contributed by atoms with Gasteiger partial charge < -0.3 is 14.6 Å². The minimum atomic E-state index is -1.19. The Morgan fingerprint density at radius 1 is 0.800 bits per heavy atom. The summed E-state index contributed by atoms with van der Waals surface area (Å²) in [6.07, 6.45) is 4.66. The number of hydrogen-bond acceptors (Lipinski definition) is 5. The smallest absolute Gasteiger partial charge is 0.190 e. The topological polar surface area (TPSA) is 38.7 Å². The molecule has 0 aromatic heterocycles. The van der Waals surface area contributed by atoms with Gasteiger partial charge in [-0.05, 0) is 84.5 Å². The molecule has 1 N–H and O–H groups in total. The third-order valence-electron chi connectivity index (χ3n) is 11.4. The van der Waals surface area contributed by atoms with Crippen LogP contribution in [0.2, 0.25) is 0 Å². The predicted octanol–water partition coefficient (Wildman–Crippen LogP) is 6.79. The van der Waals surface area contributed by atoms with E-state index in [1.54, 1.807) is 0 Å². The molecule has 0 unspecified atom stereocenters. The van der Waals surface area contributed by atoms with Gasteiger partial charge in [0, 0.05) is 15.6 Å². The molecule has 194 valence electrons. The zero-order chi connectivity index (χ0) is 24.6. The van der Waals surface area contributed by atoms with E-state index in [4.69, 9.17) is 9.47 Å². The Morgan fingerprint density at radius 3 is 1.74 bits per heavy atom. The fourth-order valence-corrected chi connectivity index (χ4v) is 12.0. The fraction of sp³-hybridized carbons (Fsp3) is 0.800. The summed E-state index contributed by atoms with van der Waals surface area (Å²) in [7, 11) is 0. The summed E-state index contributed by atoms with van der Waals surface area (Å²) in [5, 5.41) is 14.3. The molecule has 1 aromatic carbocycles. The monoisotopic (exact) mass is 516 g/mol. The van der Waals surface area contributed by atoms with Crippen molar-refractivity contribution >= 4 is 23.5 Å². The maximum absolute atomic E-state index is 11.8. The summed E-state index contributed by atoms with van der Waals surface area (Å²) in [5.41, 5.74) is 0.508. The molecule has 3 nitrogen and oxygen atoms in total. The van der Waals surface area contributed by atoms with E-state index in [2.05, 4.69) is 51.2 Å². The van der Waals surface area contributed by atoms with Gasteiger partial charge in [-0.2, -0.15) is 0 Å². The van der Waals surface area contributed by atoms with Gasteiger partial charge in [-0.1, -0.05) is 58.0 Å². The van der Waals surface area contributed by atoms with Crippen LogP contribution >= 0.6 is 23.5 Å².